The molecule has 6 heteroatoms. The highest BCUT2D eigenvalue weighted by Gasteiger charge is 2.02. The zero-order valence-corrected chi connectivity index (χ0v) is 11.5. The number of hydrogen-bond donors (Lipinski definition) is 2. The van der Waals surface area contributed by atoms with Crippen molar-refractivity contribution in [3.8, 4) is 0 Å². The maximum Gasteiger partial charge on any atom is 0.102 e. The minimum absolute atomic E-state index is 0.171. The van der Waals surface area contributed by atoms with Crippen LogP contribution in [0.4, 0.5) is 5.69 Å². The first kappa shape index (κ1) is 13.0. The fraction of sp³-hybridized carbons (Fsp3) is 0.333. The largest absolute Gasteiger partial charge is 0.396 e. The summed E-state index contributed by atoms with van der Waals surface area (Å²) in [5.41, 5.74) is 1.91. The molecule has 1 aromatic carbocycles. The molecule has 0 saturated carbocycles. The Morgan fingerprint density at radius 3 is 2.94 bits per heavy atom. The van der Waals surface area contributed by atoms with Crippen LogP contribution < -0.4 is 5.32 Å². The van der Waals surface area contributed by atoms with Gasteiger partial charge < -0.3 is 10.4 Å². The van der Waals surface area contributed by atoms with Crippen LogP contribution in [0, 0.1) is 0 Å². The molecule has 0 saturated heterocycles. The Labute approximate surface area is 114 Å². The number of rotatable bonds is 6. The molecule has 2 aromatic rings. The summed E-state index contributed by atoms with van der Waals surface area (Å²) < 4.78 is 2.77. The van der Waals surface area contributed by atoms with Crippen LogP contribution in [0.3, 0.4) is 0 Å². The number of hydrogen-bond acceptors (Lipinski definition) is 4. The van der Waals surface area contributed by atoms with Crippen molar-refractivity contribution in [2.24, 2.45) is 0 Å². The molecular weight excluding hydrogens is 296 g/mol. The Morgan fingerprint density at radius 2 is 2.17 bits per heavy atom. The van der Waals surface area contributed by atoms with Gasteiger partial charge in [0.1, 0.15) is 5.69 Å². The van der Waals surface area contributed by atoms with E-state index in [0.717, 1.165) is 15.9 Å². The van der Waals surface area contributed by atoms with E-state index in [2.05, 4.69) is 31.6 Å². The highest BCUT2D eigenvalue weighted by atomic mass is 79.9. The second-order valence-electron chi connectivity index (χ2n) is 3.88. The smallest absolute Gasteiger partial charge is 0.102 e. The summed E-state index contributed by atoms with van der Waals surface area (Å²) in [6.45, 7) is 1.49. The molecule has 0 aliphatic heterocycles. The van der Waals surface area contributed by atoms with Crippen molar-refractivity contribution in [2.45, 2.75) is 19.5 Å². The molecule has 0 spiro atoms. The van der Waals surface area contributed by atoms with Crippen LogP contribution in [-0.2, 0) is 13.1 Å². The van der Waals surface area contributed by atoms with Crippen molar-refractivity contribution in [1.82, 2.24) is 15.0 Å². The lowest BCUT2D eigenvalue weighted by Crippen LogP contribution is -2.01. The van der Waals surface area contributed by atoms with E-state index in [-0.39, 0.29) is 6.61 Å². The predicted octanol–water partition coefficient (Wildman–Crippen LogP) is 2.04. The third kappa shape index (κ3) is 3.54. The Hall–Kier alpha value is -1.40. The number of aliphatic hydroxyl groups excluding tert-OH is 1. The fourth-order valence-electron chi connectivity index (χ4n) is 1.55. The number of aryl methyl sites for hydroxylation is 1. The number of anilines is 1. The molecule has 0 unspecified atom stereocenters. The normalized spacial score (nSPS) is 10.6. The topological polar surface area (TPSA) is 63.0 Å². The number of halogens is 1. The minimum atomic E-state index is 0.171. The van der Waals surface area contributed by atoms with Gasteiger partial charge in [-0.2, -0.15) is 0 Å². The van der Waals surface area contributed by atoms with E-state index in [1.54, 1.807) is 4.68 Å². The summed E-state index contributed by atoms with van der Waals surface area (Å²) in [4.78, 5) is 0. The van der Waals surface area contributed by atoms with E-state index in [1.165, 1.54) is 0 Å². The molecule has 0 atom stereocenters. The maximum atomic E-state index is 8.74. The number of para-hydroxylation sites is 1. The van der Waals surface area contributed by atoms with Gasteiger partial charge in [-0.05, 0) is 34.5 Å². The molecule has 1 aromatic heterocycles. The standard InChI is InChI=1S/C12H15BrN4O/c13-11-4-1-2-5-12(11)14-8-10-9-17(16-15-10)6-3-7-18/h1-2,4-5,9,14,18H,3,6-8H2. The van der Waals surface area contributed by atoms with E-state index in [4.69, 9.17) is 5.11 Å². The summed E-state index contributed by atoms with van der Waals surface area (Å²) in [6.07, 6.45) is 2.58. The highest BCUT2D eigenvalue weighted by molar-refractivity contribution is 9.10. The van der Waals surface area contributed by atoms with Crippen LogP contribution in [0.1, 0.15) is 12.1 Å². The van der Waals surface area contributed by atoms with Crippen molar-refractivity contribution in [3.05, 3.63) is 40.6 Å². The average Bonchev–Trinajstić information content (AvgIpc) is 2.83. The van der Waals surface area contributed by atoms with Gasteiger partial charge >= 0.3 is 0 Å². The van der Waals surface area contributed by atoms with E-state index < -0.39 is 0 Å². The summed E-state index contributed by atoms with van der Waals surface area (Å²) in [5.74, 6) is 0. The second-order valence-corrected chi connectivity index (χ2v) is 4.74. The van der Waals surface area contributed by atoms with E-state index in [1.807, 2.05) is 30.5 Å². The lowest BCUT2D eigenvalue weighted by Gasteiger charge is -2.05. The summed E-state index contributed by atoms with van der Waals surface area (Å²) in [6, 6.07) is 7.94. The Bertz CT molecular complexity index is 500. The molecule has 0 aliphatic rings. The number of aliphatic hydroxyl groups is 1. The van der Waals surface area contributed by atoms with Gasteiger partial charge in [-0.15, -0.1) is 5.10 Å². The van der Waals surface area contributed by atoms with Crippen molar-refractivity contribution in [3.63, 3.8) is 0 Å². The van der Waals surface area contributed by atoms with Crippen LogP contribution in [0.5, 0.6) is 0 Å². The number of nitrogens with one attached hydrogen (secondary N) is 1. The third-order valence-electron chi connectivity index (χ3n) is 2.47. The van der Waals surface area contributed by atoms with Gasteiger partial charge in [0.15, 0.2) is 0 Å². The summed E-state index contributed by atoms with van der Waals surface area (Å²) >= 11 is 3.48. The average molecular weight is 311 g/mol. The number of aromatic nitrogens is 3. The zero-order chi connectivity index (χ0) is 12.8. The minimum Gasteiger partial charge on any atom is -0.396 e. The Kier molecular flexibility index (Phi) is 4.72. The van der Waals surface area contributed by atoms with E-state index >= 15 is 0 Å². The third-order valence-corrected chi connectivity index (χ3v) is 3.16. The van der Waals surface area contributed by atoms with Crippen LogP contribution in [-0.4, -0.2) is 26.7 Å². The second kappa shape index (κ2) is 6.51. The highest BCUT2D eigenvalue weighted by Crippen LogP contribution is 2.21. The molecule has 5 nitrogen and oxygen atoms in total. The van der Waals surface area contributed by atoms with Crippen LogP contribution >= 0.6 is 15.9 Å². The maximum absolute atomic E-state index is 8.74. The quantitative estimate of drug-likeness (QED) is 0.857. The molecule has 0 fully saturated rings. The number of benzene rings is 1. The van der Waals surface area contributed by atoms with Crippen molar-refractivity contribution < 1.29 is 5.11 Å². The van der Waals surface area contributed by atoms with Crippen molar-refractivity contribution in [1.29, 1.82) is 0 Å². The van der Waals surface area contributed by atoms with E-state index in [0.29, 0.717) is 19.5 Å². The lowest BCUT2D eigenvalue weighted by atomic mass is 10.3. The zero-order valence-electron chi connectivity index (χ0n) is 9.88. The molecular formula is C12H15BrN4O. The Morgan fingerprint density at radius 1 is 1.33 bits per heavy atom. The SMILES string of the molecule is OCCCn1cc(CNc2ccccc2Br)nn1. The van der Waals surface area contributed by atoms with Crippen LogP contribution in [0.2, 0.25) is 0 Å². The van der Waals surface area contributed by atoms with Crippen LogP contribution in [0.25, 0.3) is 0 Å². The Balaban J connectivity index is 1.90. The summed E-state index contributed by atoms with van der Waals surface area (Å²) in [7, 11) is 0. The molecule has 96 valence electrons. The van der Waals surface area contributed by atoms with Gasteiger partial charge in [0, 0.05) is 23.3 Å². The van der Waals surface area contributed by atoms with Gasteiger partial charge in [-0.1, -0.05) is 17.3 Å². The summed E-state index contributed by atoms with van der Waals surface area (Å²) in [5, 5.41) is 20.1. The van der Waals surface area contributed by atoms with Gasteiger partial charge in [-0.25, -0.2) is 0 Å². The van der Waals surface area contributed by atoms with Gasteiger partial charge in [0.05, 0.1) is 12.7 Å². The van der Waals surface area contributed by atoms with Gasteiger partial charge in [0.25, 0.3) is 0 Å². The molecule has 2 rings (SSSR count). The molecule has 0 radical (unpaired) electrons. The lowest BCUT2D eigenvalue weighted by molar-refractivity contribution is 0.276. The first-order valence-corrected chi connectivity index (χ1v) is 6.57. The monoisotopic (exact) mass is 310 g/mol. The molecule has 1 heterocycles. The van der Waals surface area contributed by atoms with Crippen LogP contribution in [0.15, 0.2) is 34.9 Å². The van der Waals surface area contributed by atoms with Gasteiger partial charge in [-0.3, -0.25) is 4.68 Å². The molecule has 18 heavy (non-hydrogen) atoms. The number of nitrogens with zero attached hydrogens (tertiary/aromatic N) is 3. The molecule has 0 amide bonds. The first-order valence-electron chi connectivity index (χ1n) is 5.78. The first-order chi connectivity index (χ1) is 8.79. The molecule has 0 aliphatic carbocycles. The van der Waals surface area contributed by atoms with E-state index in [9.17, 15) is 0 Å². The van der Waals surface area contributed by atoms with Crippen molar-refractivity contribution >= 4 is 21.6 Å². The molecule has 2 N–H and O–H groups in total. The predicted molar refractivity (Wildman–Crippen MR) is 73.2 cm³/mol. The van der Waals surface area contributed by atoms with Gasteiger partial charge in [0.2, 0.25) is 0 Å². The molecule has 0 bridgehead atoms. The fourth-order valence-corrected chi connectivity index (χ4v) is 1.98. The van der Waals surface area contributed by atoms with Crippen molar-refractivity contribution in [2.75, 3.05) is 11.9 Å².